The molecule has 0 aliphatic heterocycles. The Hall–Kier alpha value is -2.92. The highest BCUT2D eigenvalue weighted by atomic mass is 16.5. The van der Waals surface area contributed by atoms with Gasteiger partial charge >= 0.3 is 0 Å². The minimum atomic E-state index is -0.0692. The maximum atomic E-state index is 11.1. The summed E-state index contributed by atoms with van der Waals surface area (Å²) in [5, 5.41) is 2.78. The van der Waals surface area contributed by atoms with Gasteiger partial charge in [0.25, 0.3) is 0 Å². The van der Waals surface area contributed by atoms with Crippen LogP contribution in [-0.2, 0) is 29.1 Å². The van der Waals surface area contributed by atoms with Crippen molar-refractivity contribution in [2.24, 2.45) is 0 Å². The molecular weight excluding hydrogens is 338 g/mol. The van der Waals surface area contributed by atoms with Crippen LogP contribution in [0.5, 0.6) is 0 Å². The highest BCUT2D eigenvalue weighted by molar-refractivity contribution is 5.88. The number of anilines is 1. The SMILES string of the molecule is CC(=O)Nc1ccc(COC(CCc2ccccc2)Cn2ccnc2)cc1. The van der Waals surface area contributed by atoms with Gasteiger partial charge in [-0.05, 0) is 36.1 Å². The zero-order chi connectivity index (χ0) is 18.9. The van der Waals surface area contributed by atoms with Crippen LogP contribution < -0.4 is 5.32 Å². The molecule has 27 heavy (non-hydrogen) atoms. The number of imidazole rings is 1. The van der Waals surface area contributed by atoms with Gasteiger partial charge in [0.05, 0.1) is 19.0 Å². The summed E-state index contributed by atoms with van der Waals surface area (Å²) in [6.07, 6.45) is 7.57. The number of carbonyl (C=O) groups is 1. The van der Waals surface area contributed by atoms with Crippen molar-refractivity contribution in [3.05, 3.63) is 84.4 Å². The number of amides is 1. The summed E-state index contributed by atoms with van der Waals surface area (Å²) in [5.74, 6) is -0.0692. The van der Waals surface area contributed by atoms with E-state index in [1.54, 1.807) is 6.20 Å². The second-order valence-corrected chi connectivity index (χ2v) is 6.59. The molecule has 0 bridgehead atoms. The number of benzene rings is 2. The molecular formula is C22H25N3O2. The fourth-order valence-electron chi connectivity index (χ4n) is 2.93. The maximum Gasteiger partial charge on any atom is 0.221 e. The number of hydrogen-bond donors (Lipinski definition) is 1. The first-order chi connectivity index (χ1) is 13.2. The molecule has 1 aromatic heterocycles. The number of carbonyl (C=O) groups excluding carboxylic acids is 1. The third-order valence-corrected chi connectivity index (χ3v) is 4.33. The standard InChI is InChI=1S/C22H25N3O2/c1-18(26)24-21-10-7-20(8-11-21)16-27-22(15-25-14-13-23-17-25)12-9-19-5-3-2-4-6-19/h2-8,10-11,13-14,17,22H,9,12,15-16H2,1H3,(H,24,26). The molecule has 1 heterocycles. The van der Waals surface area contributed by atoms with Gasteiger partial charge in [-0.2, -0.15) is 0 Å². The van der Waals surface area contributed by atoms with E-state index >= 15 is 0 Å². The van der Waals surface area contributed by atoms with Crippen molar-refractivity contribution >= 4 is 11.6 Å². The molecule has 3 aromatic rings. The van der Waals surface area contributed by atoms with Crippen LogP contribution in [0.3, 0.4) is 0 Å². The average Bonchev–Trinajstić information content (AvgIpc) is 3.18. The van der Waals surface area contributed by atoms with Gasteiger partial charge in [-0.3, -0.25) is 4.79 Å². The van der Waals surface area contributed by atoms with Gasteiger partial charge in [-0.1, -0.05) is 42.5 Å². The first-order valence-electron chi connectivity index (χ1n) is 9.17. The molecule has 0 fully saturated rings. The zero-order valence-electron chi connectivity index (χ0n) is 15.5. The van der Waals surface area contributed by atoms with E-state index < -0.39 is 0 Å². The molecule has 5 nitrogen and oxygen atoms in total. The van der Waals surface area contributed by atoms with Gasteiger partial charge in [0.2, 0.25) is 5.91 Å². The van der Waals surface area contributed by atoms with Crippen LogP contribution >= 0.6 is 0 Å². The molecule has 0 aliphatic rings. The Morgan fingerprint density at radius 1 is 1.11 bits per heavy atom. The molecule has 0 radical (unpaired) electrons. The average molecular weight is 363 g/mol. The number of nitrogens with one attached hydrogen (secondary N) is 1. The highest BCUT2D eigenvalue weighted by Gasteiger charge is 2.11. The van der Waals surface area contributed by atoms with E-state index in [1.165, 1.54) is 12.5 Å². The molecule has 1 N–H and O–H groups in total. The van der Waals surface area contributed by atoms with Gasteiger partial charge in [0.15, 0.2) is 0 Å². The van der Waals surface area contributed by atoms with E-state index in [1.807, 2.05) is 42.9 Å². The Morgan fingerprint density at radius 2 is 1.89 bits per heavy atom. The summed E-state index contributed by atoms with van der Waals surface area (Å²) < 4.78 is 8.26. The van der Waals surface area contributed by atoms with Gasteiger partial charge in [-0.25, -0.2) is 4.98 Å². The third kappa shape index (κ3) is 6.38. The van der Waals surface area contributed by atoms with Crippen molar-refractivity contribution in [1.29, 1.82) is 0 Å². The highest BCUT2D eigenvalue weighted by Crippen LogP contribution is 2.14. The van der Waals surface area contributed by atoms with Gasteiger partial charge in [0, 0.05) is 31.5 Å². The van der Waals surface area contributed by atoms with Crippen LogP contribution in [-0.4, -0.2) is 21.6 Å². The van der Waals surface area contributed by atoms with E-state index in [0.717, 1.165) is 30.6 Å². The van der Waals surface area contributed by atoms with Crippen LogP contribution in [0.1, 0.15) is 24.5 Å². The fraction of sp³-hybridized carbons (Fsp3) is 0.273. The van der Waals surface area contributed by atoms with Crippen molar-refractivity contribution in [3.8, 4) is 0 Å². The molecule has 3 rings (SSSR count). The molecule has 5 heteroatoms. The lowest BCUT2D eigenvalue weighted by atomic mass is 10.1. The van der Waals surface area contributed by atoms with E-state index in [9.17, 15) is 4.79 Å². The number of aromatic nitrogens is 2. The van der Waals surface area contributed by atoms with Gasteiger partial charge < -0.3 is 14.6 Å². The van der Waals surface area contributed by atoms with E-state index in [0.29, 0.717) is 6.61 Å². The van der Waals surface area contributed by atoms with Crippen molar-refractivity contribution in [2.45, 2.75) is 39.0 Å². The molecule has 140 valence electrons. The first-order valence-corrected chi connectivity index (χ1v) is 9.17. The van der Waals surface area contributed by atoms with Crippen LogP contribution in [0.4, 0.5) is 5.69 Å². The number of nitrogens with zero attached hydrogens (tertiary/aromatic N) is 2. The zero-order valence-corrected chi connectivity index (χ0v) is 15.5. The number of ether oxygens (including phenoxy) is 1. The number of hydrogen-bond acceptors (Lipinski definition) is 3. The largest absolute Gasteiger partial charge is 0.372 e. The second kappa shape index (κ2) is 9.69. The monoisotopic (exact) mass is 363 g/mol. The molecule has 1 amide bonds. The molecule has 0 aliphatic carbocycles. The van der Waals surface area contributed by atoms with Crippen LogP contribution in [0.15, 0.2) is 73.3 Å². The van der Waals surface area contributed by atoms with Crippen molar-refractivity contribution in [1.82, 2.24) is 9.55 Å². The van der Waals surface area contributed by atoms with Crippen molar-refractivity contribution < 1.29 is 9.53 Å². The summed E-state index contributed by atoms with van der Waals surface area (Å²) in [6, 6.07) is 18.2. The van der Waals surface area contributed by atoms with E-state index in [-0.39, 0.29) is 12.0 Å². The van der Waals surface area contributed by atoms with Gasteiger partial charge in [0.1, 0.15) is 0 Å². The molecule has 1 unspecified atom stereocenters. The Balaban J connectivity index is 1.57. The van der Waals surface area contributed by atoms with Crippen molar-refractivity contribution in [2.75, 3.05) is 5.32 Å². The van der Waals surface area contributed by atoms with Gasteiger partial charge in [-0.15, -0.1) is 0 Å². The molecule has 2 aromatic carbocycles. The molecule has 0 spiro atoms. The van der Waals surface area contributed by atoms with Crippen LogP contribution in [0.2, 0.25) is 0 Å². The minimum absolute atomic E-state index is 0.0692. The number of aryl methyl sites for hydroxylation is 1. The lowest BCUT2D eigenvalue weighted by Gasteiger charge is -2.19. The lowest BCUT2D eigenvalue weighted by molar-refractivity contribution is -0.114. The summed E-state index contributed by atoms with van der Waals surface area (Å²) in [6.45, 7) is 2.82. The van der Waals surface area contributed by atoms with E-state index in [2.05, 4.69) is 39.1 Å². The molecule has 0 saturated carbocycles. The predicted octanol–water partition coefficient (Wildman–Crippen LogP) is 4.06. The topological polar surface area (TPSA) is 56.1 Å². The van der Waals surface area contributed by atoms with Crippen LogP contribution in [0, 0.1) is 0 Å². The quantitative estimate of drug-likeness (QED) is 0.624. The summed E-state index contributed by atoms with van der Waals surface area (Å²) in [4.78, 5) is 15.2. The van der Waals surface area contributed by atoms with Crippen molar-refractivity contribution in [3.63, 3.8) is 0 Å². The van der Waals surface area contributed by atoms with Crippen LogP contribution in [0.25, 0.3) is 0 Å². The maximum absolute atomic E-state index is 11.1. The summed E-state index contributed by atoms with van der Waals surface area (Å²) >= 11 is 0. The second-order valence-electron chi connectivity index (χ2n) is 6.59. The van der Waals surface area contributed by atoms with E-state index in [4.69, 9.17) is 4.74 Å². The Morgan fingerprint density at radius 3 is 2.56 bits per heavy atom. The first kappa shape index (κ1) is 18.9. The smallest absolute Gasteiger partial charge is 0.221 e. The Labute approximate surface area is 160 Å². The normalized spacial score (nSPS) is 11.9. The lowest BCUT2D eigenvalue weighted by Crippen LogP contribution is -2.20. The Bertz CT molecular complexity index is 815. The summed E-state index contributed by atoms with van der Waals surface area (Å²) in [7, 11) is 0. The Kier molecular flexibility index (Phi) is 6.77. The third-order valence-electron chi connectivity index (χ3n) is 4.33. The molecule has 0 saturated heterocycles. The minimum Gasteiger partial charge on any atom is -0.372 e. The number of rotatable bonds is 9. The fourth-order valence-corrected chi connectivity index (χ4v) is 2.93. The predicted molar refractivity (Wildman–Crippen MR) is 106 cm³/mol. The summed E-state index contributed by atoms with van der Waals surface area (Å²) in [5.41, 5.74) is 3.20. The molecule has 1 atom stereocenters.